The van der Waals surface area contributed by atoms with Gasteiger partial charge in [-0.15, -0.1) is 0 Å². The number of carboxylic acids is 1. The van der Waals surface area contributed by atoms with E-state index in [0.717, 1.165) is 24.8 Å². The molecule has 8 rings (SSSR count). The number of ketones is 1. The summed E-state index contributed by atoms with van der Waals surface area (Å²) in [5, 5.41) is 13.5. The number of carbonyl (C=O) groups excluding carboxylic acids is 2. The smallest absolute Gasteiger partial charge is 0.309 e. The Bertz CT molecular complexity index is 1510. The Balaban J connectivity index is 1.40. The summed E-state index contributed by atoms with van der Waals surface area (Å²) in [6.07, 6.45) is 8.32. The number of nitrogens with one attached hydrogen (secondary N) is 1. The maximum absolute atomic E-state index is 16.2. The van der Waals surface area contributed by atoms with Crippen molar-refractivity contribution < 1.29 is 23.9 Å². The van der Waals surface area contributed by atoms with E-state index in [1.54, 1.807) is 24.3 Å². The van der Waals surface area contributed by atoms with E-state index < -0.39 is 40.1 Å². The Morgan fingerprint density at radius 2 is 1.67 bits per heavy atom. The molecule has 0 unspecified atom stereocenters. The molecule has 2 N–H and O–H groups in total. The van der Waals surface area contributed by atoms with Crippen LogP contribution in [0.2, 0.25) is 10.0 Å². The minimum Gasteiger partial charge on any atom is -0.481 e. The van der Waals surface area contributed by atoms with E-state index in [1.807, 2.05) is 13.1 Å². The fraction of sp³-hybridized carbons (Fsp3) is 0.559. The lowest BCUT2D eigenvalue weighted by molar-refractivity contribution is -0.159. The molecule has 4 saturated carbocycles. The zero-order valence-electron chi connectivity index (χ0n) is 24.4. The number of carbonyl (C=O) groups is 3. The molecule has 2 aromatic rings. The first-order chi connectivity index (χ1) is 20.5. The lowest BCUT2D eigenvalue weighted by atomic mass is 9.52. The maximum Gasteiger partial charge on any atom is 0.309 e. The number of fused-ring (bicyclic) bond motifs is 6. The molecular formula is C34H37Cl2FN2O4. The van der Waals surface area contributed by atoms with Gasteiger partial charge in [0.05, 0.1) is 16.5 Å². The number of hydrogen-bond donors (Lipinski definition) is 2. The summed E-state index contributed by atoms with van der Waals surface area (Å²) in [6.45, 7) is 0. The van der Waals surface area contributed by atoms with Crippen molar-refractivity contribution in [3.05, 3.63) is 63.4 Å². The van der Waals surface area contributed by atoms with Gasteiger partial charge in [0.15, 0.2) is 5.78 Å². The number of likely N-dealkylation sites (tertiary alicyclic amines) is 1. The quantitative estimate of drug-likeness (QED) is 0.359. The number of anilines is 1. The van der Waals surface area contributed by atoms with Crippen molar-refractivity contribution >= 4 is 46.5 Å². The predicted octanol–water partition coefficient (Wildman–Crippen LogP) is 7.51. The van der Waals surface area contributed by atoms with E-state index in [4.69, 9.17) is 23.2 Å². The molecule has 3 atom stereocenters. The molecule has 2 spiro atoms. The molecule has 1 saturated heterocycles. The topological polar surface area (TPSA) is 86.7 Å². The number of nitrogens with zero attached hydrogens (tertiary/aromatic N) is 1. The summed E-state index contributed by atoms with van der Waals surface area (Å²) in [5.41, 5.74) is -1.25. The van der Waals surface area contributed by atoms with Gasteiger partial charge < -0.3 is 10.4 Å². The van der Waals surface area contributed by atoms with Gasteiger partial charge in [-0.05, 0) is 93.2 Å². The van der Waals surface area contributed by atoms with Gasteiger partial charge in [0.25, 0.3) is 0 Å². The van der Waals surface area contributed by atoms with Crippen LogP contribution in [0.25, 0.3) is 0 Å². The number of amides is 1. The first kappa shape index (κ1) is 29.2. The molecular weight excluding hydrogens is 590 g/mol. The summed E-state index contributed by atoms with van der Waals surface area (Å²) >= 11 is 12.8. The monoisotopic (exact) mass is 626 g/mol. The van der Waals surface area contributed by atoms with Gasteiger partial charge in [-0.25, -0.2) is 4.39 Å². The first-order valence-electron chi connectivity index (χ1n) is 15.5. The van der Waals surface area contributed by atoms with Crippen molar-refractivity contribution in [2.45, 2.75) is 100.0 Å². The van der Waals surface area contributed by atoms with E-state index >= 15 is 4.39 Å². The van der Waals surface area contributed by atoms with Crippen LogP contribution in [-0.4, -0.2) is 46.3 Å². The Labute approximate surface area is 261 Å². The van der Waals surface area contributed by atoms with E-state index in [-0.39, 0.29) is 34.1 Å². The number of carboxylic acid groups (broad SMARTS) is 1. The van der Waals surface area contributed by atoms with Crippen LogP contribution in [-0.2, 0) is 19.8 Å². The van der Waals surface area contributed by atoms with E-state index in [9.17, 15) is 19.5 Å². The second-order valence-corrected chi connectivity index (χ2v) is 14.8. The number of Topliss-reactive ketones (excluding diaryl/α,β-unsaturated/α-hetero) is 1. The third-order valence-corrected chi connectivity index (χ3v) is 12.9. The lowest BCUT2D eigenvalue weighted by Gasteiger charge is -2.51. The summed E-state index contributed by atoms with van der Waals surface area (Å²) in [7, 11) is 1.95. The minimum atomic E-state index is -1.23. The van der Waals surface area contributed by atoms with Crippen LogP contribution in [0, 0.1) is 16.6 Å². The molecule has 4 aliphatic carbocycles. The molecule has 6 aliphatic rings. The van der Waals surface area contributed by atoms with Gasteiger partial charge >= 0.3 is 5.97 Å². The van der Waals surface area contributed by atoms with Gasteiger partial charge in [-0.2, -0.15) is 0 Å². The van der Waals surface area contributed by atoms with Crippen molar-refractivity contribution in [1.29, 1.82) is 0 Å². The first-order valence-corrected chi connectivity index (χ1v) is 16.3. The second kappa shape index (κ2) is 10.0. The summed E-state index contributed by atoms with van der Waals surface area (Å²) in [4.78, 5) is 43.7. The number of aliphatic carboxylic acids is 1. The normalized spacial score (nSPS) is 34.5. The van der Waals surface area contributed by atoms with Crippen LogP contribution in [0.1, 0.15) is 94.1 Å². The Kier molecular flexibility index (Phi) is 6.81. The molecule has 6 nitrogen and oxygen atoms in total. The van der Waals surface area contributed by atoms with Gasteiger partial charge in [0, 0.05) is 28.6 Å². The summed E-state index contributed by atoms with van der Waals surface area (Å²) in [6, 6.07) is 9.53. The van der Waals surface area contributed by atoms with Crippen molar-refractivity contribution in [2.24, 2.45) is 10.8 Å². The number of hydrogen-bond acceptors (Lipinski definition) is 4. The second-order valence-electron chi connectivity index (χ2n) is 13.9. The highest BCUT2D eigenvalue weighted by atomic mass is 35.5. The van der Waals surface area contributed by atoms with Crippen LogP contribution in [0.5, 0.6) is 0 Å². The van der Waals surface area contributed by atoms with Crippen molar-refractivity contribution in [3.8, 4) is 0 Å². The highest BCUT2D eigenvalue weighted by Gasteiger charge is 2.74. The van der Waals surface area contributed by atoms with Crippen LogP contribution in [0.15, 0.2) is 36.4 Å². The van der Waals surface area contributed by atoms with Crippen LogP contribution < -0.4 is 5.32 Å². The molecule has 0 aromatic heterocycles. The van der Waals surface area contributed by atoms with E-state index in [2.05, 4.69) is 10.2 Å². The van der Waals surface area contributed by atoms with Crippen molar-refractivity contribution in [1.82, 2.24) is 4.90 Å². The number of halogens is 3. The van der Waals surface area contributed by atoms with Gasteiger partial charge in [0.1, 0.15) is 11.2 Å². The number of benzene rings is 2. The number of rotatable bonds is 5. The molecule has 228 valence electrons. The average Bonchev–Trinajstić information content (AvgIpc) is 3.40. The van der Waals surface area contributed by atoms with E-state index in [1.165, 1.54) is 6.07 Å². The average molecular weight is 628 g/mol. The van der Waals surface area contributed by atoms with Crippen LogP contribution in [0.3, 0.4) is 0 Å². The third kappa shape index (κ3) is 3.89. The van der Waals surface area contributed by atoms with E-state index in [0.29, 0.717) is 62.1 Å². The van der Waals surface area contributed by atoms with Gasteiger partial charge in [-0.3, -0.25) is 19.3 Å². The third-order valence-electron chi connectivity index (χ3n) is 12.4. The Hall–Kier alpha value is -2.48. The molecule has 2 heterocycles. The zero-order chi connectivity index (χ0) is 30.4. The van der Waals surface area contributed by atoms with Crippen molar-refractivity contribution in [2.75, 3.05) is 12.4 Å². The molecule has 9 heteroatoms. The highest BCUT2D eigenvalue weighted by Crippen LogP contribution is 2.67. The maximum atomic E-state index is 16.2. The SMILES string of the molecule is CN1[C@@H](C(=O)CC23CCC(C(=O)O)(CC2)CC3)[C@H](c2cccc(Cl)c2F)[C@]2(C(=O)Nc3cc(Cl)ccc32)C12CCCCC2. The zero-order valence-corrected chi connectivity index (χ0v) is 25.9. The molecule has 43 heavy (non-hydrogen) atoms. The molecule has 0 radical (unpaired) electrons. The fourth-order valence-corrected chi connectivity index (χ4v) is 10.5. The van der Waals surface area contributed by atoms with Gasteiger partial charge in [0.2, 0.25) is 5.91 Å². The minimum absolute atomic E-state index is 0.00589. The predicted molar refractivity (Wildman–Crippen MR) is 163 cm³/mol. The standard InChI is InChI=1S/C34H37Cl2FN2O4/c1-39-28(25(40)19-31-12-15-32(16-13-31,17-14-31)30(42)43)26(21-6-5-7-23(36)27(21)37)34(33(39)10-3-2-4-11-33)22-9-8-20(35)18-24(22)38-29(34)41/h5-9,18,26,28H,2-4,10-17,19H2,1H3,(H,38,41)(H,42,43)/t26-,28-,31?,32?,34+/m0/s1. The molecule has 2 aromatic carbocycles. The van der Waals surface area contributed by atoms with Gasteiger partial charge in [-0.1, -0.05) is 60.7 Å². The Morgan fingerprint density at radius 3 is 2.33 bits per heavy atom. The van der Waals surface area contributed by atoms with Crippen LogP contribution in [0.4, 0.5) is 10.1 Å². The molecule has 2 bridgehead atoms. The summed E-state index contributed by atoms with van der Waals surface area (Å²) in [5.74, 6) is -2.37. The Morgan fingerprint density at radius 1 is 1.00 bits per heavy atom. The van der Waals surface area contributed by atoms with Crippen molar-refractivity contribution in [3.63, 3.8) is 0 Å². The largest absolute Gasteiger partial charge is 0.481 e. The highest BCUT2D eigenvalue weighted by molar-refractivity contribution is 6.31. The molecule has 2 aliphatic heterocycles. The molecule has 1 amide bonds. The molecule has 5 fully saturated rings. The summed E-state index contributed by atoms with van der Waals surface area (Å²) < 4.78 is 16.2. The van der Waals surface area contributed by atoms with Crippen LogP contribution >= 0.6 is 23.2 Å². The number of likely N-dealkylation sites (N-methyl/N-ethyl adjacent to an activating group) is 1. The fourth-order valence-electron chi connectivity index (χ4n) is 10.1. The lowest BCUT2D eigenvalue weighted by Crippen LogP contribution is -2.60.